The molecule has 0 spiro atoms. The molecule has 1 heterocycles. The minimum absolute atomic E-state index is 0.0467. The molecule has 7 heteroatoms. The third kappa shape index (κ3) is 5.71. The van der Waals surface area contributed by atoms with Crippen molar-refractivity contribution in [2.45, 2.75) is 38.2 Å². The van der Waals surface area contributed by atoms with Gasteiger partial charge in [0.05, 0.1) is 11.6 Å². The Hall–Kier alpha value is -2.93. The first-order chi connectivity index (χ1) is 16.0. The monoisotopic (exact) mass is 511 g/mol. The van der Waals surface area contributed by atoms with E-state index in [2.05, 4.69) is 27.3 Å². The Morgan fingerprint density at radius 3 is 2.97 bits per heavy atom. The van der Waals surface area contributed by atoms with E-state index in [-0.39, 0.29) is 24.1 Å². The van der Waals surface area contributed by atoms with Crippen molar-refractivity contribution < 1.29 is 23.6 Å². The summed E-state index contributed by atoms with van der Waals surface area (Å²) in [6, 6.07) is 5.52. The third-order valence-electron chi connectivity index (χ3n) is 5.91. The van der Waals surface area contributed by atoms with E-state index in [1.165, 1.54) is 23.0 Å². The van der Waals surface area contributed by atoms with Crippen LogP contribution in [0.2, 0.25) is 0 Å². The minimum atomic E-state index is -0.416. The lowest BCUT2D eigenvalue weighted by molar-refractivity contribution is -0.443. The lowest BCUT2D eigenvalue weighted by Gasteiger charge is -2.22. The highest BCUT2D eigenvalue weighted by Crippen LogP contribution is 2.28. The van der Waals surface area contributed by atoms with Crippen LogP contribution in [0.15, 0.2) is 64.4 Å². The Labute approximate surface area is 202 Å². The van der Waals surface area contributed by atoms with Crippen molar-refractivity contribution in [2.24, 2.45) is 0 Å². The van der Waals surface area contributed by atoms with Crippen LogP contribution in [0.5, 0.6) is 5.75 Å². The van der Waals surface area contributed by atoms with Crippen LogP contribution in [0, 0.1) is 0 Å². The second-order valence-electron chi connectivity index (χ2n) is 8.21. The lowest BCUT2D eigenvalue weighted by atomic mass is 9.97. The molecule has 1 N–H and O–H groups in total. The van der Waals surface area contributed by atoms with Gasteiger partial charge in [0.2, 0.25) is 24.1 Å². The number of hydrogen-bond acceptors (Lipinski definition) is 4. The van der Waals surface area contributed by atoms with Crippen LogP contribution in [-0.2, 0) is 14.3 Å². The van der Waals surface area contributed by atoms with Gasteiger partial charge < -0.3 is 14.8 Å². The van der Waals surface area contributed by atoms with Crippen molar-refractivity contribution in [3.63, 3.8) is 0 Å². The number of hydrogen-bond donors (Lipinski definition) is 1. The molecule has 1 atom stereocenters. The standard InChI is InChI=1S/C26H27BrN2O4/c1-32-22-12-11-19(15-20(22)27)16-24-26(31)29(21-9-5-6-10-23(21)33-24)17-25(30)28-14-13-18-7-3-2-4-8-18/h5-7,9-12,15-16,23H,2-4,8,13-14,17H2,1H3/p+1/b24-16-. The number of halogens is 1. The Bertz CT molecular complexity index is 1100. The van der Waals surface area contributed by atoms with Crippen LogP contribution in [-0.4, -0.2) is 48.4 Å². The summed E-state index contributed by atoms with van der Waals surface area (Å²) in [6.45, 7) is 0.537. The average Bonchev–Trinajstić information content (AvgIpc) is 2.82. The van der Waals surface area contributed by atoms with Crippen molar-refractivity contribution in [2.75, 3.05) is 20.2 Å². The van der Waals surface area contributed by atoms with Crippen molar-refractivity contribution >= 4 is 39.5 Å². The summed E-state index contributed by atoms with van der Waals surface area (Å²) < 4.78 is 13.5. The molecule has 0 saturated carbocycles. The van der Waals surface area contributed by atoms with Gasteiger partial charge in [0.25, 0.3) is 5.91 Å². The van der Waals surface area contributed by atoms with Gasteiger partial charge in [-0.25, -0.2) is 4.79 Å². The van der Waals surface area contributed by atoms with Gasteiger partial charge in [0.1, 0.15) is 5.75 Å². The first-order valence-electron chi connectivity index (χ1n) is 11.3. The Morgan fingerprint density at radius 1 is 1.33 bits per heavy atom. The predicted octanol–water partition coefficient (Wildman–Crippen LogP) is 4.31. The molecule has 3 aliphatic rings. The summed E-state index contributed by atoms with van der Waals surface area (Å²) in [4.78, 5) is 26.0. The van der Waals surface area contributed by atoms with E-state index in [9.17, 15) is 9.59 Å². The van der Waals surface area contributed by atoms with Crippen LogP contribution in [0.3, 0.4) is 0 Å². The number of nitrogens with one attached hydrogen (secondary N) is 1. The van der Waals surface area contributed by atoms with Gasteiger partial charge in [-0.15, -0.1) is 4.58 Å². The topological polar surface area (TPSA) is 67.6 Å². The van der Waals surface area contributed by atoms with E-state index in [4.69, 9.17) is 9.47 Å². The smallest absolute Gasteiger partial charge is 0.455 e. The molecule has 0 fully saturated rings. The molecule has 33 heavy (non-hydrogen) atoms. The fourth-order valence-corrected chi connectivity index (χ4v) is 4.73. The summed E-state index contributed by atoms with van der Waals surface area (Å²) in [6.07, 6.45) is 16.6. The number of rotatable bonds is 7. The van der Waals surface area contributed by atoms with Gasteiger partial charge in [-0.05, 0) is 77.9 Å². The van der Waals surface area contributed by atoms with Crippen LogP contribution < -0.4 is 10.1 Å². The number of amides is 2. The molecule has 0 bridgehead atoms. The molecular formula is C26H28BrN2O4+. The largest absolute Gasteiger partial charge is 0.496 e. The van der Waals surface area contributed by atoms with Gasteiger partial charge >= 0.3 is 5.91 Å². The normalized spacial score (nSPS) is 20.9. The molecule has 0 radical (unpaired) electrons. The van der Waals surface area contributed by atoms with Crippen molar-refractivity contribution in [1.82, 2.24) is 5.32 Å². The molecule has 1 aromatic rings. The van der Waals surface area contributed by atoms with Crippen LogP contribution >= 0.6 is 15.9 Å². The van der Waals surface area contributed by atoms with Gasteiger partial charge in [0, 0.05) is 12.6 Å². The molecule has 1 unspecified atom stereocenters. The van der Waals surface area contributed by atoms with Crippen molar-refractivity contribution in [3.05, 3.63) is 69.9 Å². The van der Waals surface area contributed by atoms with E-state index in [0.29, 0.717) is 18.0 Å². The maximum atomic E-state index is 13.3. The SMILES string of the molecule is COc1ccc(/C=C2\OC3C=CC=CC3=[N+](CC(=O)NCCC3=CCCCC3)C2=O)cc1Br. The molecule has 1 aliphatic heterocycles. The highest BCUT2D eigenvalue weighted by atomic mass is 79.9. The van der Waals surface area contributed by atoms with E-state index in [1.807, 2.05) is 42.5 Å². The second-order valence-corrected chi connectivity index (χ2v) is 9.06. The van der Waals surface area contributed by atoms with Gasteiger partial charge in [0.15, 0.2) is 0 Å². The lowest BCUT2D eigenvalue weighted by Crippen LogP contribution is -2.46. The van der Waals surface area contributed by atoms with E-state index in [1.54, 1.807) is 13.2 Å². The molecule has 0 saturated heterocycles. The van der Waals surface area contributed by atoms with Crippen LogP contribution in [0.1, 0.15) is 37.7 Å². The number of ether oxygens (including phenoxy) is 2. The summed E-state index contributed by atoms with van der Waals surface area (Å²) in [5.41, 5.74) is 2.87. The highest BCUT2D eigenvalue weighted by Gasteiger charge is 2.40. The molecule has 2 amide bonds. The Balaban J connectivity index is 1.49. The first kappa shape index (κ1) is 23.2. The molecule has 1 aromatic carbocycles. The van der Waals surface area contributed by atoms with Crippen molar-refractivity contribution in [3.8, 4) is 5.75 Å². The number of carbonyl (C=O) groups excluding carboxylic acids is 2. The second kappa shape index (κ2) is 10.8. The Kier molecular flexibility index (Phi) is 7.60. The maximum Gasteiger partial charge on any atom is 0.455 e. The number of carbonyl (C=O) groups is 2. The van der Waals surface area contributed by atoms with E-state index in [0.717, 1.165) is 29.3 Å². The van der Waals surface area contributed by atoms with E-state index >= 15 is 0 Å². The predicted molar refractivity (Wildman–Crippen MR) is 131 cm³/mol. The van der Waals surface area contributed by atoms with E-state index < -0.39 is 6.10 Å². The molecule has 0 aromatic heterocycles. The molecule has 172 valence electrons. The number of fused-ring (bicyclic) bond motifs is 1. The maximum absolute atomic E-state index is 13.3. The Morgan fingerprint density at radius 2 is 2.21 bits per heavy atom. The van der Waals surface area contributed by atoms with Gasteiger partial charge in [-0.1, -0.05) is 29.9 Å². The number of nitrogens with zero attached hydrogens (tertiary/aromatic N) is 1. The fraction of sp³-hybridized carbons (Fsp3) is 0.346. The quantitative estimate of drug-likeness (QED) is 0.336. The summed E-state index contributed by atoms with van der Waals surface area (Å²) in [5, 5.41) is 2.97. The average molecular weight is 512 g/mol. The summed E-state index contributed by atoms with van der Waals surface area (Å²) >= 11 is 3.47. The molecular weight excluding hydrogens is 484 g/mol. The zero-order valence-electron chi connectivity index (χ0n) is 18.7. The van der Waals surface area contributed by atoms with Gasteiger partial charge in [-0.2, -0.15) is 0 Å². The van der Waals surface area contributed by atoms with Gasteiger partial charge in [-0.3, -0.25) is 4.79 Å². The van der Waals surface area contributed by atoms with Crippen LogP contribution in [0.25, 0.3) is 6.08 Å². The zero-order chi connectivity index (χ0) is 23.2. The summed E-state index contributed by atoms with van der Waals surface area (Å²) in [5.74, 6) is 0.382. The third-order valence-corrected chi connectivity index (χ3v) is 6.53. The first-order valence-corrected chi connectivity index (χ1v) is 12.0. The fourth-order valence-electron chi connectivity index (χ4n) is 4.17. The molecule has 6 nitrogen and oxygen atoms in total. The number of allylic oxidation sites excluding steroid dienone is 3. The molecule has 2 aliphatic carbocycles. The van der Waals surface area contributed by atoms with Crippen LogP contribution in [0.4, 0.5) is 0 Å². The highest BCUT2D eigenvalue weighted by molar-refractivity contribution is 9.10. The number of methoxy groups -OCH3 is 1. The minimum Gasteiger partial charge on any atom is -0.496 e. The van der Waals surface area contributed by atoms with Crippen molar-refractivity contribution in [1.29, 1.82) is 0 Å². The zero-order valence-corrected chi connectivity index (χ0v) is 20.3. The number of benzene rings is 1. The summed E-state index contributed by atoms with van der Waals surface area (Å²) in [7, 11) is 1.60. The molecule has 4 rings (SSSR count).